The minimum atomic E-state index is -0.989. The van der Waals surface area contributed by atoms with Gasteiger partial charge in [0.2, 0.25) is 0 Å². The monoisotopic (exact) mass is 357 g/mol. The Balaban J connectivity index is 2.41. The lowest BCUT2D eigenvalue weighted by Crippen LogP contribution is -2.11. The molecule has 2 nitrogen and oxygen atoms in total. The fraction of sp³-hybridized carbons (Fsp3) is 0.0667. The largest absolute Gasteiger partial charge is 0.292 e. The second-order valence-electron chi connectivity index (χ2n) is 4.23. The van der Waals surface area contributed by atoms with Gasteiger partial charge in [-0.15, -0.1) is 0 Å². The molecule has 2 rings (SSSR count). The van der Waals surface area contributed by atoms with E-state index >= 15 is 0 Å². The molecule has 0 spiro atoms. The predicted octanol–water partition coefficient (Wildman–Crippen LogP) is 5.79. The lowest BCUT2D eigenvalue weighted by Gasteiger charge is -2.10. The molecule has 1 unspecified atom stereocenters. The maximum Gasteiger partial charge on any atom is 0.184 e. The van der Waals surface area contributed by atoms with Crippen molar-refractivity contribution in [2.75, 3.05) is 0 Å². The van der Waals surface area contributed by atoms with Gasteiger partial charge in [-0.3, -0.25) is 4.79 Å². The van der Waals surface area contributed by atoms with Crippen LogP contribution in [-0.4, -0.2) is 5.78 Å². The molecule has 2 aromatic carbocycles. The predicted molar refractivity (Wildman–Crippen MR) is 85.6 cm³/mol. The summed E-state index contributed by atoms with van der Waals surface area (Å²) in [5.41, 5.74) is 0.782. The van der Waals surface area contributed by atoms with Crippen molar-refractivity contribution in [2.24, 2.45) is 0 Å². The fourth-order valence-electron chi connectivity index (χ4n) is 1.79. The van der Waals surface area contributed by atoms with Gasteiger partial charge in [0.25, 0.3) is 0 Å². The SMILES string of the molecule is N#CC(C(=O)c1ccc(Cl)c(Cl)c1)c1ccc(Cl)c(Cl)c1. The number of nitrogens with zero attached hydrogens (tertiary/aromatic N) is 1. The third kappa shape index (κ3) is 3.51. The molecule has 0 saturated carbocycles. The number of Topliss-reactive ketones (excluding diaryl/α,β-unsaturated/α-hetero) is 1. The van der Waals surface area contributed by atoms with Gasteiger partial charge in [-0.2, -0.15) is 5.26 Å². The summed E-state index contributed by atoms with van der Waals surface area (Å²) in [6.45, 7) is 0. The summed E-state index contributed by atoms with van der Waals surface area (Å²) in [5, 5.41) is 10.5. The average Bonchev–Trinajstić information content (AvgIpc) is 2.46. The first-order valence-corrected chi connectivity index (χ1v) is 7.29. The van der Waals surface area contributed by atoms with Crippen LogP contribution in [0.25, 0.3) is 0 Å². The highest BCUT2D eigenvalue weighted by atomic mass is 35.5. The Bertz CT molecular complexity index is 752. The van der Waals surface area contributed by atoms with Crippen LogP contribution in [0.5, 0.6) is 0 Å². The summed E-state index contributed by atoms with van der Waals surface area (Å²) in [5.74, 6) is -1.37. The minimum Gasteiger partial charge on any atom is -0.292 e. The average molecular weight is 359 g/mol. The van der Waals surface area contributed by atoms with E-state index in [-0.39, 0.29) is 15.8 Å². The van der Waals surface area contributed by atoms with Crippen LogP contribution in [0, 0.1) is 11.3 Å². The van der Waals surface area contributed by atoms with Crippen molar-refractivity contribution in [3.8, 4) is 6.07 Å². The molecule has 2 aromatic rings. The fourth-order valence-corrected chi connectivity index (χ4v) is 2.40. The topological polar surface area (TPSA) is 40.9 Å². The Kier molecular flexibility index (Phi) is 5.13. The molecule has 0 aliphatic carbocycles. The zero-order valence-corrected chi connectivity index (χ0v) is 13.4. The van der Waals surface area contributed by atoms with Crippen LogP contribution in [0.1, 0.15) is 21.8 Å². The van der Waals surface area contributed by atoms with E-state index in [2.05, 4.69) is 0 Å². The van der Waals surface area contributed by atoms with E-state index in [1.54, 1.807) is 12.1 Å². The second kappa shape index (κ2) is 6.68. The normalized spacial score (nSPS) is 11.8. The molecule has 0 aliphatic heterocycles. The number of hydrogen-bond donors (Lipinski definition) is 0. The number of halogens is 4. The van der Waals surface area contributed by atoms with E-state index < -0.39 is 5.92 Å². The first-order chi connectivity index (χ1) is 9.93. The molecule has 6 heteroatoms. The molecule has 0 aromatic heterocycles. The van der Waals surface area contributed by atoms with Crippen molar-refractivity contribution in [3.05, 3.63) is 67.6 Å². The lowest BCUT2D eigenvalue weighted by atomic mass is 9.92. The highest BCUT2D eigenvalue weighted by Gasteiger charge is 2.23. The number of ketones is 1. The molecule has 0 amide bonds. The van der Waals surface area contributed by atoms with Crippen LogP contribution < -0.4 is 0 Å². The van der Waals surface area contributed by atoms with Crippen LogP contribution in [0.2, 0.25) is 20.1 Å². The molecule has 106 valence electrons. The van der Waals surface area contributed by atoms with Crippen molar-refractivity contribution in [1.82, 2.24) is 0 Å². The van der Waals surface area contributed by atoms with Gasteiger partial charge in [0, 0.05) is 5.56 Å². The highest BCUT2D eigenvalue weighted by molar-refractivity contribution is 6.42. The molecular formula is C15H7Cl4NO. The van der Waals surface area contributed by atoms with E-state index in [4.69, 9.17) is 46.4 Å². The maximum atomic E-state index is 12.4. The molecule has 0 heterocycles. The maximum absolute atomic E-state index is 12.4. The number of nitriles is 1. The molecule has 0 saturated heterocycles. The lowest BCUT2D eigenvalue weighted by molar-refractivity contribution is 0.0979. The Labute approximate surface area is 141 Å². The summed E-state index contributed by atoms with van der Waals surface area (Å²) in [7, 11) is 0. The molecule has 0 aliphatic rings. The summed E-state index contributed by atoms with van der Waals surface area (Å²) in [6.07, 6.45) is 0. The van der Waals surface area contributed by atoms with Gasteiger partial charge in [-0.25, -0.2) is 0 Å². The number of benzene rings is 2. The van der Waals surface area contributed by atoms with Crippen molar-refractivity contribution < 1.29 is 4.79 Å². The summed E-state index contributed by atoms with van der Waals surface area (Å²) < 4.78 is 0. The highest BCUT2D eigenvalue weighted by Crippen LogP contribution is 2.30. The Hall–Kier alpha value is -1.24. The van der Waals surface area contributed by atoms with E-state index in [0.29, 0.717) is 21.2 Å². The van der Waals surface area contributed by atoms with E-state index in [1.165, 1.54) is 24.3 Å². The zero-order chi connectivity index (χ0) is 15.6. The Morgan fingerprint density at radius 3 is 2.00 bits per heavy atom. The Morgan fingerprint density at radius 1 is 0.905 bits per heavy atom. The van der Waals surface area contributed by atoms with Crippen LogP contribution >= 0.6 is 46.4 Å². The first kappa shape index (κ1) is 16.1. The molecule has 21 heavy (non-hydrogen) atoms. The Morgan fingerprint density at radius 2 is 1.48 bits per heavy atom. The van der Waals surface area contributed by atoms with Gasteiger partial charge < -0.3 is 0 Å². The van der Waals surface area contributed by atoms with Gasteiger partial charge in [0.05, 0.1) is 26.2 Å². The standard InChI is InChI=1S/C15H7Cl4NO/c16-11-3-1-8(5-13(11)18)10(7-20)15(21)9-2-4-12(17)14(19)6-9/h1-6,10H. The van der Waals surface area contributed by atoms with Crippen LogP contribution in [0.3, 0.4) is 0 Å². The van der Waals surface area contributed by atoms with Gasteiger partial charge in [0.1, 0.15) is 5.92 Å². The van der Waals surface area contributed by atoms with E-state index in [1.807, 2.05) is 6.07 Å². The second-order valence-corrected chi connectivity index (χ2v) is 5.86. The van der Waals surface area contributed by atoms with Crippen molar-refractivity contribution in [3.63, 3.8) is 0 Å². The van der Waals surface area contributed by atoms with E-state index in [0.717, 1.165) is 0 Å². The number of carbonyl (C=O) groups excluding carboxylic acids is 1. The summed E-state index contributed by atoms with van der Waals surface area (Å²) in [6, 6.07) is 11.1. The molecular weight excluding hydrogens is 352 g/mol. The summed E-state index contributed by atoms with van der Waals surface area (Å²) in [4.78, 5) is 12.4. The van der Waals surface area contributed by atoms with Gasteiger partial charge in [0.15, 0.2) is 5.78 Å². The third-order valence-electron chi connectivity index (χ3n) is 2.87. The smallest absolute Gasteiger partial charge is 0.184 e. The van der Waals surface area contributed by atoms with Gasteiger partial charge in [-0.05, 0) is 35.9 Å². The van der Waals surface area contributed by atoms with Crippen LogP contribution in [0.4, 0.5) is 0 Å². The third-order valence-corrected chi connectivity index (χ3v) is 4.35. The van der Waals surface area contributed by atoms with Gasteiger partial charge in [-0.1, -0.05) is 52.5 Å². The summed E-state index contributed by atoms with van der Waals surface area (Å²) >= 11 is 23.5. The van der Waals surface area contributed by atoms with Crippen LogP contribution in [0.15, 0.2) is 36.4 Å². The first-order valence-electron chi connectivity index (χ1n) is 5.78. The zero-order valence-electron chi connectivity index (χ0n) is 10.4. The van der Waals surface area contributed by atoms with Crippen molar-refractivity contribution >= 4 is 52.2 Å². The van der Waals surface area contributed by atoms with E-state index in [9.17, 15) is 10.1 Å². The molecule has 1 atom stereocenters. The number of rotatable bonds is 3. The van der Waals surface area contributed by atoms with Crippen LogP contribution in [-0.2, 0) is 0 Å². The van der Waals surface area contributed by atoms with Crippen molar-refractivity contribution in [1.29, 1.82) is 5.26 Å². The molecule has 0 N–H and O–H groups in total. The number of carbonyl (C=O) groups is 1. The van der Waals surface area contributed by atoms with Gasteiger partial charge >= 0.3 is 0 Å². The molecule has 0 bridgehead atoms. The quantitative estimate of drug-likeness (QED) is 0.651. The van der Waals surface area contributed by atoms with Crippen molar-refractivity contribution in [2.45, 2.75) is 5.92 Å². The molecule has 0 radical (unpaired) electrons. The molecule has 0 fully saturated rings. The number of hydrogen-bond acceptors (Lipinski definition) is 2. The minimum absolute atomic E-state index is 0.258.